The number of unbranched alkanes of at least 4 members (excludes halogenated alkanes) is 3. The van der Waals surface area contributed by atoms with E-state index in [1.807, 2.05) is 36.4 Å². The smallest absolute Gasteiger partial charge is 0.246 e. The first-order chi connectivity index (χ1) is 18.8. The third-order valence-corrected chi connectivity index (χ3v) is 9.46. The normalized spacial score (nSPS) is 33.1. The summed E-state index contributed by atoms with van der Waals surface area (Å²) in [6.45, 7) is 9.12. The van der Waals surface area contributed by atoms with Crippen molar-refractivity contribution in [2.75, 3.05) is 11.9 Å². The molecular weight excluding hydrogens is 490 g/mol. The average molecular weight is 536 g/mol. The predicted octanol–water partition coefficient (Wildman–Crippen LogP) is 5.17. The summed E-state index contributed by atoms with van der Waals surface area (Å²) >= 11 is 0. The lowest BCUT2D eigenvalue weighted by atomic mass is 9.74. The SMILES string of the molecule is CCCCCCN1C(=O)[C@H]2[C@H](C(=O)Nc3ccc(C(C)C)cc3)[C@H]3C=C[C@@]2(O3)[C@@H]1C(=O)N[C@@H]1CCCC[C@H]1C. The zero-order chi connectivity index (χ0) is 27.7. The van der Waals surface area contributed by atoms with Gasteiger partial charge in [0.2, 0.25) is 17.7 Å². The van der Waals surface area contributed by atoms with Crippen LogP contribution in [0.15, 0.2) is 36.4 Å². The molecule has 3 heterocycles. The van der Waals surface area contributed by atoms with E-state index in [9.17, 15) is 14.4 Å². The minimum atomic E-state index is -1.10. The summed E-state index contributed by atoms with van der Waals surface area (Å²) in [5.41, 5.74) is 0.800. The van der Waals surface area contributed by atoms with E-state index in [1.165, 1.54) is 12.0 Å². The second-order valence-corrected chi connectivity index (χ2v) is 12.4. The molecule has 5 rings (SSSR count). The fourth-order valence-electron chi connectivity index (χ4n) is 7.19. The molecule has 1 saturated carbocycles. The largest absolute Gasteiger partial charge is 0.359 e. The minimum absolute atomic E-state index is 0.106. The number of ether oxygens (including phenoxy) is 1. The van der Waals surface area contributed by atoms with Gasteiger partial charge in [-0.1, -0.05) is 84.1 Å². The van der Waals surface area contributed by atoms with Crippen LogP contribution in [0.2, 0.25) is 0 Å². The zero-order valence-corrected chi connectivity index (χ0v) is 23.9. The van der Waals surface area contributed by atoms with Crippen molar-refractivity contribution in [1.82, 2.24) is 10.2 Å². The van der Waals surface area contributed by atoms with Crippen molar-refractivity contribution < 1.29 is 19.1 Å². The first kappa shape index (κ1) is 27.9. The second kappa shape index (κ2) is 11.4. The molecule has 39 heavy (non-hydrogen) atoms. The van der Waals surface area contributed by atoms with Gasteiger partial charge in [0.05, 0.1) is 17.9 Å². The number of carbonyl (C=O) groups excluding carboxylic acids is 3. The Labute approximate surface area is 233 Å². The number of fused-ring (bicyclic) bond motifs is 1. The Morgan fingerprint density at radius 1 is 1.08 bits per heavy atom. The quantitative estimate of drug-likeness (QED) is 0.319. The number of rotatable bonds is 10. The average Bonchev–Trinajstić information content (AvgIpc) is 3.55. The number of benzene rings is 1. The van der Waals surface area contributed by atoms with E-state index in [1.54, 1.807) is 4.90 Å². The number of anilines is 1. The fraction of sp³-hybridized carbons (Fsp3) is 0.656. The third kappa shape index (κ3) is 5.15. The Morgan fingerprint density at radius 2 is 1.82 bits per heavy atom. The van der Waals surface area contributed by atoms with Gasteiger partial charge in [-0.25, -0.2) is 0 Å². The standard InChI is InChI=1S/C32H45N3O4/c1-5-6-7-10-19-35-28(30(37)34-24-12-9-8-11-21(24)4)32-18-17-25(39-32)26(27(32)31(35)38)29(36)33-23-15-13-22(14-16-23)20(2)3/h13-18,20-21,24-28H,5-12,19H2,1-4H3,(H,33,36)(H,34,37)/t21-,24-,25-,26-,27-,28+,32+/m1/s1. The van der Waals surface area contributed by atoms with Crippen molar-refractivity contribution in [1.29, 1.82) is 0 Å². The van der Waals surface area contributed by atoms with Crippen molar-refractivity contribution >= 4 is 23.4 Å². The van der Waals surface area contributed by atoms with Crippen LogP contribution in [0.5, 0.6) is 0 Å². The predicted molar refractivity (Wildman–Crippen MR) is 152 cm³/mol. The Hall–Kier alpha value is -2.67. The van der Waals surface area contributed by atoms with Gasteiger partial charge in [-0.2, -0.15) is 0 Å². The highest BCUT2D eigenvalue weighted by atomic mass is 16.5. The molecule has 0 aromatic heterocycles. The number of likely N-dealkylation sites (tertiary alicyclic amines) is 1. The lowest BCUT2D eigenvalue weighted by Gasteiger charge is -2.36. The van der Waals surface area contributed by atoms with Gasteiger partial charge in [-0.3, -0.25) is 14.4 Å². The molecule has 7 atom stereocenters. The lowest BCUT2D eigenvalue weighted by molar-refractivity contribution is -0.141. The zero-order valence-electron chi connectivity index (χ0n) is 23.9. The highest BCUT2D eigenvalue weighted by Crippen LogP contribution is 2.55. The van der Waals surface area contributed by atoms with E-state index >= 15 is 0 Å². The Bertz CT molecular complexity index is 1100. The maximum Gasteiger partial charge on any atom is 0.246 e. The van der Waals surface area contributed by atoms with Crippen LogP contribution in [-0.4, -0.2) is 53.0 Å². The number of carbonyl (C=O) groups is 3. The van der Waals surface area contributed by atoms with Gasteiger partial charge >= 0.3 is 0 Å². The van der Waals surface area contributed by atoms with Gasteiger partial charge in [0, 0.05) is 18.3 Å². The molecule has 3 fully saturated rings. The summed E-state index contributed by atoms with van der Waals surface area (Å²) in [6.07, 6.45) is 11.6. The fourth-order valence-corrected chi connectivity index (χ4v) is 7.19. The van der Waals surface area contributed by atoms with E-state index < -0.39 is 29.6 Å². The summed E-state index contributed by atoms with van der Waals surface area (Å²) in [5.74, 6) is -1.07. The monoisotopic (exact) mass is 535 g/mol. The highest BCUT2D eigenvalue weighted by Gasteiger charge is 2.72. The maximum absolute atomic E-state index is 14.0. The number of amides is 3. The summed E-state index contributed by atoms with van der Waals surface area (Å²) in [6, 6.07) is 7.20. The molecule has 3 amide bonds. The molecule has 7 heteroatoms. The van der Waals surface area contributed by atoms with E-state index in [-0.39, 0.29) is 23.8 Å². The van der Waals surface area contributed by atoms with Crippen LogP contribution in [0, 0.1) is 17.8 Å². The summed E-state index contributed by atoms with van der Waals surface area (Å²) in [7, 11) is 0. The van der Waals surface area contributed by atoms with Gasteiger partial charge < -0.3 is 20.3 Å². The topological polar surface area (TPSA) is 87.7 Å². The van der Waals surface area contributed by atoms with Crippen LogP contribution in [0.4, 0.5) is 5.69 Å². The van der Waals surface area contributed by atoms with Crippen LogP contribution in [0.3, 0.4) is 0 Å². The molecule has 0 unspecified atom stereocenters. The Balaban J connectivity index is 1.39. The summed E-state index contributed by atoms with van der Waals surface area (Å²) in [4.78, 5) is 43.4. The first-order valence-electron chi connectivity index (χ1n) is 15.2. The van der Waals surface area contributed by atoms with Gasteiger partial charge in [-0.05, 0) is 48.8 Å². The molecule has 3 aliphatic heterocycles. The van der Waals surface area contributed by atoms with Crippen molar-refractivity contribution in [3.63, 3.8) is 0 Å². The Morgan fingerprint density at radius 3 is 2.51 bits per heavy atom. The molecule has 1 aliphatic carbocycles. The van der Waals surface area contributed by atoms with Crippen LogP contribution in [-0.2, 0) is 19.1 Å². The molecule has 212 valence electrons. The number of hydrogen-bond acceptors (Lipinski definition) is 4. The summed E-state index contributed by atoms with van der Waals surface area (Å²) in [5, 5.41) is 6.33. The molecule has 7 nitrogen and oxygen atoms in total. The van der Waals surface area contributed by atoms with Crippen LogP contribution in [0.25, 0.3) is 0 Å². The van der Waals surface area contributed by atoms with Crippen LogP contribution in [0.1, 0.15) is 90.5 Å². The second-order valence-electron chi connectivity index (χ2n) is 12.4. The molecule has 2 N–H and O–H groups in total. The van der Waals surface area contributed by atoms with Gasteiger partial charge in [0.15, 0.2) is 0 Å². The molecule has 1 aromatic rings. The third-order valence-electron chi connectivity index (χ3n) is 9.46. The van der Waals surface area contributed by atoms with Gasteiger partial charge in [0.1, 0.15) is 11.6 Å². The van der Waals surface area contributed by atoms with Gasteiger partial charge in [0.25, 0.3) is 0 Å². The van der Waals surface area contributed by atoms with E-state index in [2.05, 4.69) is 38.3 Å². The molecular formula is C32H45N3O4. The number of hydrogen-bond donors (Lipinski definition) is 2. The molecule has 2 bridgehead atoms. The van der Waals surface area contributed by atoms with E-state index in [4.69, 9.17) is 4.74 Å². The van der Waals surface area contributed by atoms with Crippen LogP contribution < -0.4 is 10.6 Å². The van der Waals surface area contributed by atoms with Crippen molar-refractivity contribution in [3.05, 3.63) is 42.0 Å². The van der Waals surface area contributed by atoms with Gasteiger partial charge in [-0.15, -0.1) is 0 Å². The van der Waals surface area contributed by atoms with E-state index in [0.29, 0.717) is 24.1 Å². The highest BCUT2D eigenvalue weighted by molar-refractivity contribution is 6.02. The van der Waals surface area contributed by atoms with Crippen LogP contribution >= 0.6 is 0 Å². The Kier molecular flexibility index (Phi) is 8.18. The summed E-state index contributed by atoms with van der Waals surface area (Å²) < 4.78 is 6.49. The minimum Gasteiger partial charge on any atom is -0.359 e. The molecule has 4 aliphatic rings. The van der Waals surface area contributed by atoms with Crippen molar-refractivity contribution in [3.8, 4) is 0 Å². The molecule has 1 aromatic carbocycles. The lowest BCUT2D eigenvalue weighted by Crippen LogP contribution is -2.57. The molecule has 0 radical (unpaired) electrons. The molecule has 2 saturated heterocycles. The number of nitrogens with one attached hydrogen (secondary N) is 2. The number of nitrogens with zero attached hydrogens (tertiary/aromatic N) is 1. The maximum atomic E-state index is 14.0. The first-order valence-corrected chi connectivity index (χ1v) is 15.2. The van der Waals surface area contributed by atoms with E-state index in [0.717, 1.165) is 44.9 Å². The van der Waals surface area contributed by atoms with Crippen molar-refractivity contribution in [2.45, 2.75) is 109 Å². The molecule has 1 spiro atoms. The van der Waals surface area contributed by atoms with Crippen molar-refractivity contribution in [2.24, 2.45) is 17.8 Å².